The van der Waals surface area contributed by atoms with E-state index in [1.807, 2.05) is 19.1 Å². The molecule has 0 aliphatic carbocycles. The van der Waals surface area contributed by atoms with Crippen LogP contribution in [0.5, 0.6) is 11.5 Å². The SMILES string of the molecule is COc1ccc(CN(C)Cc2csc(C)n2)cc1OC. The van der Waals surface area contributed by atoms with E-state index in [4.69, 9.17) is 9.47 Å². The molecule has 0 saturated heterocycles. The van der Waals surface area contributed by atoms with Gasteiger partial charge in [0.05, 0.1) is 24.9 Å². The molecular formula is C15H20N2O2S. The highest BCUT2D eigenvalue weighted by Crippen LogP contribution is 2.28. The molecule has 1 aromatic heterocycles. The first-order valence-corrected chi connectivity index (χ1v) is 7.30. The lowest BCUT2D eigenvalue weighted by molar-refractivity contribution is 0.313. The summed E-state index contributed by atoms with van der Waals surface area (Å²) in [6, 6.07) is 6.01. The summed E-state index contributed by atoms with van der Waals surface area (Å²) < 4.78 is 10.6. The molecule has 0 aliphatic heterocycles. The molecule has 0 aliphatic rings. The molecule has 4 nitrogen and oxygen atoms in total. The third-order valence-corrected chi connectivity index (χ3v) is 3.82. The van der Waals surface area contributed by atoms with E-state index in [-0.39, 0.29) is 0 Å². The number of hydrogen-bond donors (Lipinski definition) is 0. The first-order chi connectivity index (χ1) is 9.62. The van der Waals surface area contributed by atoms with Gasteiger partial charge in [-0.1, -0.05) is 6.07 Å². The van der Waals surface area contributed by atoms with Gasteiger partial charge < -0.3 is 9.47 Å². The van der Waals surface area contributed by atoms with E-state index in [1.165, 1.54) is 5.56 Å². The molecule has 20 heavy (non-hydrogen) atoms. The summed E-state index contributed by atoms with van der Waals surface area (Å²) in [4.78, 5) is 6.72. The van der Waals surface area contributed by atoms with Gasteiger partial charge in [-0.25, -0.2) is 4.98 Å². The van der Waals surface area contributed by atoms with Crippen LogP contribution < -0.4 is 9.47 Å². The van der Waals surface area contributed by atoms with Crippen molar-refractivity contribution in [2.45, 2.75) is 20.0 Å². The van der Waals surface area contributed by atoms with Crippen molar-refractivity contribution in [2.24, 2.45) is 0 Å². The zero-order valence-corrected chi connectivity index (χ0v) is 13.2. The Morgan fingerprint density at radius 3 is 2.50 bits per heavy atom. The molecule has 0 fully saturated rings. The van der Waals surface area contributed by atoms with Crippen LogP contribution in [-0.4, -0.2) is 31.2 Å². The van der Waals surface area contributed by atoms with Crippen molar-refractivity contribution in [1.82, 2.24) is 9.88 Å². The summed E-state index contributed by atoms with van der Waals surface area (Å²) >= 11 is 1.69. The Hall–Kier alpha value is -1.59. The number of ether oxygens (including phenoxy) is 2. The lowest BCUT2D eigenvalue weighted by Gasteiger charge is -2.16. The zero-order valence-electron chi connectivity index (χ0n) is 12.3. The van der Waals surface area contributed by atoms with Crippen LogP contribution in [0.3, 0.4) is 0 Å². The van der Waals surface area contributed by atoms with E-state index in [9.17, 15) is 0 Å². The normalized spacial score (nSPS) is 10.8. The van der Waals surface area contributed by atoms with Gasteiger partial charge in [0.2, 0.25) is 0 Å². The molecule has 0 amide bonds. The predicted molar refractivity (Wildman–Crippen MR) is 81.6 cm³/mol. The van der Waals surface area contributed by atoms with E-state index in [0.717, 1.165) is 35.3 Å². The topological polar surface area (TPSA) is 34.6 Å². The predicted octanol–water partition coefficient (Wildman–Crippen LogP) is 3.10. The molecule has 1 heterocycles. The first kappa shape index (κ1) is 14.8. The van der Waals surface area contributed by atoms with Crippen LogP contribution in [0.15, 0.2) is 23.6 Å². The van der Waals surface area contributed by atoms with Crippen molar-refractivity contribution in [3.05, 3.63) is 39.8 Å². The Kier molecular flexibility index (Phi) is 4.98. The second-order valence-electron chi connectivity index (χ2n) is 4.72. The van der Waals surface area contributed by atoms with Gasteiger partial charge in [0.15, 0.2) is 11.5 Å². The molecular weight excluding hydrogens is 272 g/mol. The van der Waals surface area contributed by atoms with Crippen molar-refractivity contribution >= 4 is 11.3 Å². The summed E-state index contributed by atoms with van der Waals surface area (Å²) in [5.41, 5.74) is 2.31. The molecule has 0 radical (unpaired) electrons. The number of rotatable bonds is 6. The Bertz CT molecular complexity index is 569. The zero-order chi connectivity index (χ0) is 14.5. The smallest absolute Gasteiger partial charge is 0.161 e. The van der Waals surface area contributed by atoms with Gasteiger partial charge in [0, 0.05) is 18.5 Å². The van der Waals surface area contributed by atoms with Crippen LogP contribution >= 0.6 is 11.3 Å². The van der Waals surface area contributed by atoms with Gasteiger partial charge in [-0.2, -0.15) is 0 Å². The van der Waals surface area contributed by atoms with Crippen LogP contribution in [0, 0.1) is 6.92 Å². The average molecular weight is 292 g/mol. The third kappa shape index (κ3) is 3.71. The lowest BCUT2D eigenvalue weighted by atomic mass is 10.2. The number of hydrogen-bond acceptors (Lipinski definition) is 5. The minimum atomic E-state index is 0.758. The maximum atomic E-state index is 5.33. The first-order valence-electron chi connectivity index (χ1n) is 6.43. The molecule has 0 N–H and O–H groups in total. The number of methoxy groups -OCH3 is 2. The van der Waals surface area contributed by atoms with Crippen molar-refractivity contribution in [3.8, 4) is 11.5 Å². The molecule has 2 aromatic rings. The molecule has 0 atom stereocenters. The minimum absolute atomic E-state index is 0.758. The highest BCUT2D eigenvalue weighted by Gasteiger charge is 2.08. The summed E-state index contributed by atoms with van der Waals surface area (Å²) in [5.74, 6) is 1.52. The maximum absolute atomic E-state index is 5.33. The van der Waals surface area contributed by atoms with Crippen molar-refractivity contribution in [1.29, 1.82) is 0 Å². The average Bonchev–Trinajstić information content (AvgIpc) is 2.83. The molecule has 0 spiro atoms. The fraction of sp³-hybridized carbons (Fsp3) is 0.400. The van der Waals surface area contributed by atoms with Crippen LogP contribution in [-0.2, 0) is 13.1 Å². The van der Waals surface area contributed by atoms with Crippen molar-refractivity contribution in [2.75, 3.05) is 21.3 Å². The number of thiazole rings is 1. The van der Waals surface area contributed by atoms with Gasteiger partial charge in [0.1, 0.15) is 0 Å². The summed E-state index contributed by atoms with van der Waals surface area (Å²) in [6.45, 7) is 3.72. The van der Waals surface area contributed by atoms with E-state index in [2.05, 4.69) is 28.4 Å². The van der Waals surface area contributed by atoms with Gasteiger partial charge in [-0.05, 0) is 31.7 Å². The number of nitrogens with zero attached hydrogens (tertiary/aromatic N) is 2. The molecule has 5 heteroatoms. The molecule has 0 bridgehead atoms. The van der Waals surface area contributed by atoms with E-state index in [0.29, 0.717) is 0 Å². The van der Waals surface area contributed by atoms with E-state index in [1.54, 1.807) is 25.6 Å². The van der Waals surface area contributed by atoms with Gasteiger partial charge in [-0.15, -0.1) is 11.3 Å². The molecule has 0 unspecified atom stereocenters. The number of aromatic nitrogens is 1. The third-order valence-electron chi connectivity index (χ3n) is 3.00. The summed E-state index contributed by atoms with van der Waals surface area (Å²) in [5, 5.41) is 3.22. The van der Waals surface area contributed by atoms with Crippen LogP contribution in [0.1, 0.15) is 16.3 Å². The fourth-order valence-electron chi connectivity index (χ4n) is 2.10. The Morgan fingerprint density at radius 1 is 1.15 bits per heavy atom. The highest BCUT2D eigenvalue weighted by atomic mass is 32.1. The molecule has 108 valence electrons. The quantitative estimate of drug-likeness (QED) is 0.819. The van der Waals surface area contributed by atoms with Crippen molar-refractivity contribution in [3.63, 3.8) is 0 Å². The van der Waals surface area contributed by atoms with Crippen molar-refractivity contribution < 1.29 is 9.47 Å². The Morgan fingerprint density at radius 2 is 1.90 bits per heavy atom. The number of benzene rings is 1. The summed E-state index contributed by atoms with van der Waals surface area (Å²) in [7, 11) is 5.39. The summed E-state index contributed by atoms with van der Waals surface area (Å²) in [6.07, 6.45) is 0. The van der Waals surface area contributed by atoms with Crippen LogP contribution in [0.2, 0.25) is 0 Å². The number of aryl methyl sites for hydroxylation is 1. The molecule has 1 aromatic carbocycles. The Labute approximate surface area is 124 Å². The van der Waals surface area contributed by atoms with Crippen LogP contribution in [0.4, 0.5) is 0 Å². The molecule has 0 saturated carbocycles. The fourth-order valence-corrected chi connectivity index (χ4v) is 2.71. The Balaban J connectivity index is 2.02. The standard InChI is InChI=1S/C15H20N2O2S/c1-11-16-13(10-20-11)9-17(2)8-12-5-6-14(18-3)15(7-12)19-4/h5-7,10H,8-9H2,1-4H3. The largest absolute Gasteiger partial charge is 0.493 e. The van der Waals surface area contributed by atoms with Crippen LogP contribution in [0.25, 0.3) is 0 Å². The lowest BCUT2D eigenvalue weighted by Crippen LogP contribution is -2.17. The maximum Gasteiger partial charge on any atom is 0.161 e. The molecule has 2 rings (SSSR count). The van der Waals surface area contributed by atoms with Gasteiger partial charge >= 0.3 is 0 Å². The highest BCUT2D eigenvalue weighted by molar-refractivity contribution is 7.09. The second-order valence-corrected chi connectivity index (χ2v) is 5.78. The second kappa shape index (κ2) is 6.72. The van der Waals surface area contributed by atoms with Gasteiger partial charge in [-0.3, -0.25) is 4.90 Å². The van der Waals surface area contributed by atoms with E-state index < -0.39 is 0 Å². The van der Waals surface area contributed by atoms with Gasteiger partial charge in [0.25, 0.3) is 0 Å². The van der Waals surface area contributed by atoms with E-state index >= 15 is 0 Å². The minimum Gasteiger partial charge on any atom is -0.493 e. The monoisotopic (exact) mass is 292 g/mol.